The minimum atomic E-state index is -0.258. The van der Waals surface area contributed by atoms with E-state index in [4.69, 9.17) is 11.6 Å². The Kier molecular flexibility index (Phi) is 4.30. The standard InChI is InChI=1S/C17H13ClFN3/c18-15-5-1-12(2-6-15)9-20-17-21-10-14(11-22-17)13-3-7-16(19)8-4-13/h1-8,10-11H,9H2,(H,20,21,22). The fourth-order valence-electron chi connectivity index (χ4n) is 1.99. The number of hydrogen-bond donors (Lipinski definition) is 1. The second kappa shape index (κ2) is 6.54. The molecular formula is C17H13ClFN3. The number of hydrogen-bond acceptors (Lipinski definition) is 3. The average molecular weight is 314 g/mol. The maximum Gasteiger partial charge on any atom is 0.222 e. The first-order chi connectivity index (χ1) is 10.7. The summed E-state index contributed by atoms with van der Waals surface area (Å²) >= 11 is 5.85. The molecule has 0 fully saturated rings. The summed E-state index contributed by atoms with van der Waals surface area (Å²) < 4.78 is 12.9. The van der Waals surface area contributed by atoms with Crippen LogP contribution in [0.15, 0.2) is 60.9 Å². The molecule has 1 heterocycles. The Morgan fingerprint density at radius 1 is 0.864 bits per heavy atom. The zero-order chi connectivity index (χ0) is 15.4. The summed E-state index contributed by atoms with van der Waals surface area (Å²) in [6, 6.07) is 13.8. The van der Waals surface area contributed by atoms with Crippen molar-refractivity contribution in [3.8, 4) is 11.1 Å². The van der Waals surface area contributed by atoms with E-state index in [1.165, 1.54) is 12.1 Å². The smallest absolute Gasteiger partial charge is 0.222 e. The van der Waals surface area contributed by atoms with Gasteiger partial charge in [0, 0.05) is 29.5 Å². The zero-order valence-electron chi connectivity index (χ0n) is 11.6. The maximum absolute atomic E-state index is 12.9. The number of nitrogens with one attached hydrogen (secondary N) is 1. The van der Waals surface area contributed by atoms with Gasteiger partial charge >= 0.3 is 0 Å². The van der Waals surface area contributed by atoms with Crippen LogP contribution in [0.5, 0.6) is 0 Å². The van der Waals surface area contributed by atoms with Crippen molar-refractivity contribution in [2.75, 3.05) is 5.32 Å². The molecular weight excluding hydrogens is 301 g/mol. The van der Waals surface area contributed by atoms with Crippen molar-refractivity contribution in [2.45, 2.75) is 6.54 Å². The summed E-state index contributed by atoms with van der Waals surface area (Å²) in [7, 11) is 0. The van der Waals surface area contributed by atoms with Crippen molar-refractivity contribution in [2.24, 2.45) is 0 Å². The quantitative estimate of drug-likeness (QED) is 0.768. The molecule has 0 amide bonds. The van der Waals surface area contributed by atoms with Gasteiger partial charge in [0.2, 0.25) is 5.95 Å². The molecule has 0 saturated heterocycles. The van der Waals surface area contributed by atoms with E-state index in [9.17, 15) is 4.39 Å². The van der Waals surface area contributed by atoms with Gasteiger partial charge in [0.1, 0.15) is 5.82 Å². The van der Waals surface area contributed by atoms with Crippen molar-refractivity contribution in [3.05, 3.63) is 77.3 Å². The summed E-state index contributed by atoms with van der Waals surface area (Å²) in [5.41, 5.74) is 2.82. The van der Waals surface area contributed by atoms with Crippen LogP contribution >= 0.6 is 11.6 Å². The highest BCUT2D eigenvalue weighted by Crippen LogP contribution is 2.18. The molecule has 3 rings (SSSR count). The third-order valence-electron chi connectivity index (χ3n) is 3.19. The highest BCUT2D eigenvalue weighted by Gasteiger charge is 2.01. The van der Waals surface area contributed by atoms with Gasteiger partial charge in [-0.3, -0.25) is 0 Å². The lowest BCUT2D eigenvalue weighted by Crippen LogP contribution is -2.03. The van der Waals surface area contributed by atoms with Crippen molar-refractivity contribution >= 4 is 17.5 Å². The van der Waals surface area contributed by atoms with E-state index in [-0.39, 0.29) is 5.82 Å². The lowest BCUT2D eigenvalue weighted by atomic mass is 10.1. The van der Waals surface area contributed by atoms with Gasteiger partial charge in [-0.05, 0) is 35.4 Å². The SMILES string of the molecule is Fc1ccc(-c2cnc(NCc3ccc(Cl)cc3)nc2)cc1. The van der Waals surface area contributed by atoms with Gasteiger partial charge in [0.15, 0.2) is 0 Å². The fourth-order valence-corrected chi connectivity index (χ4v) is 2.12. The minimum absolute atomic E-state index is 0.258. The monoisotopic (exact) mass is 313 g/mol. The van der Waals surface area contributed by atoms with E-state index in [0.29, 0.717) is 17.5 Å². The zero-order valence-corrected chi connectivity index (χ0v) is 12.4. The molecule has 2 aromatic carbocycles. The van der Waals surface area contributed by atoms with E-state index < -0.39 is 0 Å². The van der Waals surface area contributed by atoms with Crippen LogP contribution in [0.2, 0.25) is 5.02 Å². The first-order valence-electron chi connectivity index (χ1n) is 6.77. The van der Waals surface area contributed by atoms with Gasteiger partial charge in [-0.25, -0.2) is 14.4 Å². The predicted octanol–water partition coefficient (Wildman–Crippen LogP) is 4.55. The average Bonchev–Trinajstić information content (AvgIpc) is 2.56. The minimum Gasteiger partial charge on any atom is -0.350 e. The molecule has 1 aromatic heterocycles. The van der Waals surface area contributed by atoms with Crippen LogP contribution in [0.4, 0.5) is 10.3 Å². The van der Waals surface area contributed by atoms with Crippen LogP contribution in [0.3, 0.4) is 0 Å². The van der Waals surface area contributed by atoms with E-state index in [1.807, 2.05) is 24.3 Å². The van der Waals surface area contributed by atoms with Crippen molar-refractivity contribution in [1.82, 2.24) is 9.97 Å². The first kappa shape index (κ1) is 14.5. The summed E-state index contributed by atoms with van der Waals surface area (Å²) in [4.78, 5) is 8.54. The molecule has 1 N–H and O–H groups in total. The maximum atomic E-state index is 12.9. The topological polar surface area (TPSA) is 37.8 Å². The summed E-state index contributed by atoms with van der Waals surface area (Å²) in [5.74, 6) is 0.284. The predicted molar refractivity (Wildman–Crippen MR) is 86.2 cm³/mol. The molecule has 22 heavy (non-hydrogen) atoms. The van der Waals surface area contributed by atoms with E-state index in [2.05, 4.69) is 15.3 Å². The Labute approximate surface area is 132 Å². The molecule has 5 heteroatoms. The Morgan fingerprint density at radius 2 is 1.50 bits per heavy atom. The van der Waals surface area contributed by atoms with Crippen molar-refractivity contribution < 1.29 is 4.39 Å². The molecule has 0 aliphatic heterocycles. The van der Waals surface area contributed by atoms with Gasteiger partial charge in [0.25, 0.3) is 0 Å². The molecule has 0 saturated carbocycles. The van der Waals surface area contributed by atoms with Crippen LogP contribution in [-0.4, -0.2) is 9.97 Å². The summed E-state index contributed by atoms with van der Waals surface area (Å²) in [6.45, 7) is 0.618. The number of nitrogens with zero attached hydrogens (tertiary/aromatic N) is 2. The van der Waals surface area contributed by atoms with Gasteiger partial charge in [-0.15, -0.1) is 0 Å². The second-order valence-corrected chi connectivity index (χ2v) is 5.22. The summed E-state index contributed by atoms with van der Waals surface area (Å²) in [5, 5.41) is 3.85. The molecule has 0 unspecified atom stereocenters. The molecule has 0 atom stereocenters. The molecule has 3 nitrogen and oxygen atoms in total. The lowest BCUT2D eigenvalue weighted by molar-refractivity contribution is 0.628. The Hall–Kier alpha value is -2.46. The van der Waals surface area contributed by atoms with Crippen LogP contribution in [0.1, 0.15) is 5.56 Å². The highest BCUT2D eigenvalue weighted by atomic mass is 35.5. The van der Waals surface area contributed by atoms with Crippen LogP contribution < -0.4 is 5.32 Å². The number of benzene rings is 2. The number of aromatic nitrogens is 2. The molecule has 0 spiro atoms. The lowest BCUT2D eigenvalue weighted by Gasteiger charge is -2.06. The van der Waals surface area contributed by atoms with E-state index >= 15 is 0 Å². The van der Waals surface area contributed by atoms with Gasteiger partial charge in [-0.2, -0.15) is 0 Å². The van der Waals surface area contributed by atoms with Crippen molar-refractivity contribution in [1.29, 1.82) is 0 Å². The van der Waals surface area contributed by atoms with Crippen molar-refractivity contribution in [3.63, 3.8) is 0 Å². The Balaban J connectivity index is 1.66. The van der Waals surface area contributed by atoms with Gasteiger partial charge in [0.05, 0.1) is 0 Å². The Bertz CT molecular complexity index is 740. The molecule has 110 valence electrons. The number of rotatable bonds is 4. The third kappa shape index (κ3) is 3.59. The van der Waals surface area contributed by atoms with Crippen LogP contribution in [0.25, 0.3) is 11.1 Å². The second-order valence-electron chi connectivity index (χ2n) is 4.78. The Morgan fingerprint density at radius 3 is 2.14 bits per heavy atom. The molecule has 0 radical (unpaired) electrons. The largest absolute Gasteiger partial charge is 0.350 e. The highest BCUT2D eigenvalue weighted by molar-refractivity contribution is 6.30. The first-order valence-corrected chi connectivity index (χ1v) is 7.15. The van der Waals surface area contributed by atoms with Gasteiger partial charge < -0.3 is 5.32 Å². The van der Waals surface area contributed by atoms with E-state index in [0.717, 1.165) is 16.7 Å². The molecule has 0 bridgehead atoms. The van der Waals surface area contributed by atoms with Crippen LogP contribution in [0, 0.1) is 5.82 Å². The normalized spacial score (nSPS) is 10.5. The van der Waals surface area contributed by atoms with Crippen LogP contribution in [-0.2, 0) is 6.54 Å². The van der Waals surface area contributed by atoms with E-state index in [1.54, 1.807) is 24.5 Å². The molecule has 0 aliphatic rings. The number of halogens is 2. The third-order valence-corrected chi connectivity index (χ3v) is 3.45. The molecule has 0 aliphatic carbocycles. The fraction of sp³-hybridized carbons (Fsp3) is 0.0588. The van der Waals surface area contributed by atoms with Gasteiger partial charge in [-0.1, -0.05) is 35.9 Å². The summed E-state index contributed by atoms with van der Waals surface area (Å²) in [6.07, 6.45) is 3.43. The number of anilines is 1. The molecule has 3 aromatic rings.